The fourth-order valence-corrected chi connectivity index (χ4v) is 4.16. The zero-order valence-electron chi connectivity index (χ0n) is 14.3. The van der Waals surface area contributed by atoms with E-state index >= 15 is 0 Å². The first-order valence-corrected chi connectivity index (χ1v) is 9.49. The highest BCUT2D eigenvalue weighted by Gasteiger charge is 2.28. The molecular formula is C21H20Cl2N2O. The van der Waals surface area contributed by atoms with Gasteiger partial charge in [-0.3, -0.25) is 4.90 Å². The molecule has 2 heterocycles. The predicted molar refractivity (Wildman–Crippen MR) is 106 cm³/mol. The predicted octanol–water partition coefficient (Wildman–Crippen LogP) is 5.50. The van der Waals surface area contributed by atoms with E-state index < -0.39 is 0 Å². The van der Waals surface area contributed by atoms with Crippen molar-refractivity contribution in [2.75, 3.05) is 6.54 Å². The second-order valence-electron chi connectivity index (χ2n) is 6.68. The van der Waals surface area contributed by atoms with Crippen molar-refractivity contribution in [2.45, 2.75) is 25.6 Å². The van der Waals surface area contributed by atoms with Crippen LogP contribution in [0.4, 0.5) is 0 Å². The van der Waals surface area contributed by atoms with Crippen LogP contribution in [0.2, 0.25) is 10.0 Å². The SMILES string of the molecule is Oc1ccc(Cl)cc1CN1CCCn2cccc2C1c1cccc(Cl)c1. The topological polar surface area (TPSA) is 28.4 Å². The summed E-state index contributed by atoms with van der Waals surface area (Å²) in [6.07, 6.45) is 3.17. The highest BCUT2D eigenvalue weighted by atomic mass is 35.5. The van der Waals surface area contributed by atoms with Crippen molar-refractivity contribution < 1.29 is 5.11 Å². The van der Waals surface area contributed by atoms with Crippen molar-refractivity contribution >= 4 is 23.2 Å². The number of rotatable bonds is 3. The van der Waals surface area contributed by atoms with Crippen LogP contribution in [0.1, 0.15) is 29.3 Å². The second kappa shape index (κ2) is 7.36. The first-order chi connectivity index (χ1) is 12.6. The monoisotopic (exact) mass is 386 g/mol. The molecule has 0 radical (unpaired) electrons. The Bertz CT molecular complexity index is 922. The number of halogens is 2. The van der Waals surface area contributed by atoms with Gasteiger partial charge in [-0.15, -0.1) is 0 Å². The van der Waals surface area contributed by atoms with E-state index in [1.807, 2.05) is 24.3 Å². The molecular weight excluding hydrogens is 367 g/mol. The zero-order chi connectivity index (χ0) is 18.1. The van der Waals surface area contributed by atoms with E-state index in [2.05, 4.69) is 33.9 Å². The minimum atomic E-state index is 0.0737. The highest BCUT2D eigenvalue weighted by Crippen LogP contribution is 2.35. The summed E-state index contributed by atoms with van der Waals surface area (Å²) in [5.74, 6) is 0.277. The molecule has 26 heavy (non-hydrogen) atoms. The first-order valence-electron chi connectivity index (χ1n) is 8.74. The maximum atomic E-state index is 10.3. The fourth-order valence-electron chi connectivity index (χ4n) is 3.77. The Labute approximate surface area is 163 Å². The minimum absolute atomic E-state index is 0.0737. The largest absolute Gasteiger partial charge is 0.508 e. The molecule has 1 atom stereocenters. The number of phenolic OH excluding ortho intramolecular Hbond substituents is 1. The molecule has 4 rings (SSSR count). The minimum Gasteiger partial charge on any atom is -0.508 e. The lowest BCUT2D eigenvalue weighted by Gasteiger charge is -2.31. The van der Waals surface area contributed by atoms with Gasteiger partial charge in [-0.2, -0.15) is 0 Å². The quantitative estimate of drug-likeness (QED) is 0.643. The van der Waals surface area contributed by atoms with Gasteiger partial charge in [0.05, 0.1) is 6.04 Å². The molecule has 1 unspecified atom stereocenters. The number of aryl methyl sites for hydroxylation is 1. The van der Waals surface area contributed by atoms with E-state index in [1.54, 1.807) is 12.1 Å². The third-order valence-corrected chi connectivity index (χ3v) is 5.40. The van der Waals surface area contributed by atoms with E-state index in [4.69, 9.17) is 23.2 Å². The summed E-state index contributed by atoms with van der Waals surface area (Å²) < 4.78 is 2.31. The Kier molecular flexibility index (Phi) is 4.94. The summed E-state index contributed by atoms with van der Waals surface area (Å²) in [7, 11) is 0. The standard InChI is InChI=1S/C21H20Cl2N2O/c22-17-5-1-4-15(12-17)21-19-6-2-9-24(19)10-3-11-25(21)14-16-13-18(23)7-8-20(16)26/h1-2,4-9,12-13,21,26H,3,10-11,14H2. The smallest absolute Gasteiger partial charge is 0.120 e. The van der Waals surface area contributed by atoms with Crippen LogP contribution in [-0.2, 0) is 13.1 Å². The number of aromatic nitrogens is 1. The maximum Gasteiger partial charge on any atom is 0.120 e. The molecule has 3 nitrogen and oxygen atoms in total. The molecule has 1 aromatic heterocycles. The molecule has 0 spiro atoms. The first kappa shape index (κ1) is 17.5. The van der Waals surface area contributed by atoms with Crippen molar-refractivity contribution in [3.05, 3.63) is 87.7 Å². The molecule has 5 heteroatoms. The van der Waals surface area contributed by atoms with Gasteiger partial charge in [-0.1, -0.05) is 35.3 Å². The third-order valence-electron chi connectivity index (χ3n) is 4.93. The number of phenols is 1. The molecule has 0 aliphatic carbocycles. The molecule has 1 N–H and O–H groups in total. The Balaban J connectivity index is 1.77. The van der Waals surface area contributed by atoms with Crippen LogP contribution >= 0.6 is 23.2 Å². The molecule has 0 bridgehead atoms. The number of hydrogen-bond donors (Lipinski definition) is 1. The van der Waals surface area contributed by atoms with Gasteiger partial charge in [-0.05, 0) is 54.4 Å². The molecule has 0 amide bonds. The summed E-state index contributed by atoms with van der Waals surface area (Å²) in [6.45, 7) is 2.52. The van der Waals surface area contributed by atoms with Crippen molar-refractivity contribution in [3.8, 4) is 5.75 Å². The maximum absolute atomic E-state index is 10.3. The zero-order valence-corrected chi connectivity index (χ0v) is 15.8. The van der Waals surface area contributed by atoms with Crippen LogP contribution in [0.15, 0.2) is 60.8 Å². The van der Waals surface area contributed by atoms with Crippen molar-refractivity contribution in [1.29, 1.82) is 0 Å². The van der Waals surface area contributed by atoms with Gasteiger partial charge in [0, 0.05) is 47.1 Å². The van der Waals surface area contributed by atoms with Crippen LogP contribution in [0.25, 0.3) is 0 Å². The van der Waals surface area contributed by atoms with Gasteiger partial charge in [0.25, 0.3) is 0 Å². The van der Waals surface area contributed by atoms with Gasteiger partial charge in [0.1, 0.15) is 5.75 Å². The Morgan fingerprint density at radius 1 is 0.962 bits per heavy atom. The number of benzene rings is 2. The highest BCUT2D eigenvalue weighted by molar-refractivity contribution is 6.30. The number of nitrogens with zero attached hydrogens (tertiary/aromatic N) is 2. The lowest BCUT2D eigenvalue weighted by atomic mass is 10.0. The molecule has 1 aliphatic heterocycles. The van der Waals surface area contributed by atoms with E-state index in [0.717, 1.165) is 35.7 Å². The van der Waals surface area contributed by atoms with E-state index in [0.29, 0.717) is 11.6 Å². The summed E-state index contributed by atoms with van der Waals surface area (Å²) in [5.41, 5.74) is 3.23. The molecule has 0 fully saturated rings. The van der Waals surface area contributed by atoms with Crippen molar-refractivity contribution in [2.24, 2.45) is 0 Å². The van der Waals surface area contributed by atoms with Gasteiger partial charge < -0.3 is 9.67 Å². The summed E-state index contributed by atoms with van der Waals surface area (Å²) in [5, 5.41) is 11.6. The average molecular weight is 387 g/mol. The molecule has 0 saturated carbocycles. The molecule has 134 valence electrons. The molecule has 2 aromatic carbocycles. The van der Waals surface area contributed by atoms with E-state index in [1.165, 1.54) is 5.69 Å². The third kappa shape index (κ3) is 3.48. The van der Waals surface area contributed by atoms with E-state index in [9.17, 15) is 5.11 Å². The summed E-state index contributed by atoms with van der Waals surface area (Å²) in [6, 6.07) is 17.6. The van der Waals surface area contributed by atoms with Gasteiger partial charge in [0.15, 0.2) is 0 Å². The summed E-state index contributed by atoms with van der Waals surface area (Å²) in [4.78, 5) is 2.38. The van der Waals surface area contributed by atoms with Gasteiger partial charge in [0.2, 0.25) is 0 Å². The Hall–Kier alpha value is -1.94. The van der Waals surface area contributed by atoms with Gasteiger partial charge >= 0.3 is 0 Å². The second-order valence-corrected chi connectivity index (χ2v) is 7.55. The fraction of sp³-hybridized carbons (Fsp3) is 0.238. The van der Waals surface area contributed by atoms with Crippen molar-refractivity contribution in [1.82, 2.24) is 9.47 Å². The lowest BCUT2D eigenvalue weighted by Crippen LogP contribution is -2.29. The molecule has 1 aliphatic rings. The van der Waals surface area contributed by atoms with Crippen molar-refractivity contribution in [3.63, 3.8) is 0 Å². The summed E-state index contributed by atoms with van der Waals surface area (Å²) >= 11 is 12.4. The van der Waals surface area contributed by atoms with Crippen LogP contribution in [0.3, 0.4) is 0 Å². The lowest BCUT2D eigenvalue weighted by molar-refractivity contribution is 0.218. The van der Waals surface area contributed by atoms with Crippen LogP contribution in [-0.4, -0.2) is 21.1 Å². The molecule has 3 aromatic rings. The van der Waals surface area contributed by atoms with E-state index in [-0.39, 0.29) is 11.8 Å². The Morgan fingerprint density at radius 3 is 2.65 bits per heavy atom. The average Bonchev–Trinajstić information content (AvgIpc) is 2.99. The van der Waals surface area contributed by atoms with Crippen LogP contribution < -0.4 is 0 Å². The number of aromatic hydroxyl groups is 1. The van der Waals surface area contributed by atoms with Crippen LogP contribution in [0.5, 0.6) is 5.75 Å². The van der Waals surface area contributed by atoms with Gasteiger partial charge in [-0.25, -0.2) is 0 Å². The van der Waals surface area contributed by atoms with Crippen LogP contribution in [0, 0.1) is 0 Å². The normalized spacial score (nSPS) is 17.7. The molecule has 0 saturated heterocycles. The number of fused-ring (bicyclic) bond motifs is 1. The Morgan fingerprint density at radius 2 is 1.81 bits per heavy atom. The number of hydrogen-bond acceptors (Lipinski definition) is 2.